The third kappa shape index (κ3) is 3.44. The maximum Gasteiger partial charge on any atom is 0.309 e. The van der Waals surface area contributed by atoms with Crippen molar-refractivity contribution in [2.45, 2.75) is 32.2 Å². The van der Waals surface area contributed by atoms with Crippen LogP contribution in [0.3, 0.4) is 0 Å². The van der Waals surface area contributed by atoms with Crippen LogP contribution in [0.2, 0.25) is 0 Å². The molecule has 0 bridgehead atoms. The lowest BCUT2D eigenvalue weighted by molar-refractivity contribution is -0.291. The second-order valence-electron chi connectivity index (χ2n) is 3.49. The van der Waals surface area contributed by atoms with Gasteiger partial charge in [-0.3, -0.25) is 4.79 Å². The van der Waals surface area contributed by atoms with E-state index in [-0.39, 0.29) is 31.0 Å². The van der Waals surface area contributed by atoms with Gasteiger partial charge in [-0.2, -0.15) is 0 Å². The molecule has 0 saturated carbocycles. The molecule has 1 saturated heterocycles. The predicted molar refractivity (Wildman–Crippen MR) is 51.2 cm³/mol. The Kier molecular flexibility index (Phi) is 4.16. The van der Waals surface area contributed by atoms with Crippen LogP contribution in [0.4, 0.5) is 0 Å². The molecule has 1 aliphatic heterocycles. The Morgan fingerprint density at radius 2 is 2.43 bits per heavy atom. The number of carbonyl (C=O) groups excluding carboxylic acids is 1. The van der Waals surface area contributed by atoms with Gasteiger partial charge >= 0.3 is 5.97 Å². The largest absolute Gasteiger partial charge is 0.431 e. The molecule has 1 fully saturated rings. The number of alkyl halides is 1. The number of ether oxygens (including phenoxy) is 3. The predicted octanol–water partition coefficient (Wildman–Crippen LogP) is 1.31. The van der Waals surface area contributed by atoms with E-state index in [9.17, 15) is 4.79 Å². The molecule has 0 spiro atoms. The van der Waals surface area contributed by atoms with Gasteiger partial charge in [0, 0.05) is 12.8 Å². The summed E-state index contributed by atoms with van der Waals surface area (Å²) in [4.78, 5) is 11.2. The van der Waals surface area contributed by atoms with Gasteiger partial charge in [0.1, 0.15) is 6.61 Å². The summed E-state index contributed by atoms with van der Waals surface area (Å²) in [6, 6.07) is 0. The molecule has 2 atom stereocenters. The highest BCUT2D eigenvalue weighted by molar-refractivity contribution is 6.18. The fraction of sp³-hybridized carbons (Fsp3) is 0.889. The monoisotopic (exact) mass is 222 g/mol. The molecule has 82 valence electrons. The molecular formula is C9H15ClO4. The van der Waals surface area contributed by atoms with E-state index in [1.54, 1.807) is 6.92 Å². The van der Waals surface area contributed by atoms with Crippen LogP contribution in [0, 0.1) is 0 Å². The van der Waals surface area contributed by atoms with Crippen molar-refractivity contribution in [3.8, 4) is 0 Å². The molecule has 4 nitrogen and oxygen atoms in total. The molecular weight excluding hydrogens is 208 g/mol. The smallest absolute Gasteiger partial charge is 0.309 e. The first-order valence-electron chi connectivity index (χ1n) is 4.59. The molecule has 0 N–H and O–H groups in total. The van der Waals surface area contributed by atoms with Gasteiger partial charge in [-0.05, 0) is 6.92 Å². The lowest BCUT2D eigenvalue weighted by atomic mass is 10.3. The van der Waals surface area contributed by atoms with E-state index < -0.39 is 5.79 Å². The van der Waals surface area contributed by atoms with Crippen molar-refractivity contribution in [2.75, 3.05) is 19.1 Å². The average Bonchev–Trinajstić information content (AvgIpc) is 2.02. The molecule has 1 heterocycles. The summed E-state index contributed by atoms with van der Waals surface area (Å²) in [5, 5.41) is 0. The van der Waals surface area contributed by atoms with Crippen LogP contribution in [0.25, 0.3) is 0 Å². The maximum absolute atomic E-state index is 11.2. The quantitative estimate of drug-likeness (QED) is 0.534. The zero-order chi connectivity index (χ0) is 10.6. The third-order valence-corrected chi connectivity index (χ3v) is 1.98. The van der Waals surface area contributed by atoms with E-state index in [1.165, 1.54) is 0 Å². The molecule has 0 aromatic carbocycles. The van der Waals surface area contributed by atoms with Crippen LogP contribution in [0.5, 0.6) is 0 Å². The van der Waals surface area contributed by atoms with E-state index in [0.29, 0.717) is 6.61 Å². The van der Waals surface area contributed by atoms with Crippen LogP contribution in [0.15, 0.2) is 0 Å². The normalized spacial score (nSPS) is 32.6. The van der Waals surface area contributed by atoms with Crippen LogP contribution in [-0.4, -0.2) is 37.0 Å². The minimum absolute atomic E-state index is 0.0578. The van der Waals surface area contributed by atoms with Gasteiger partial charge in [0.25, 0.3) is 0 Å². The zero-order valence-electron chi connectivity index (χ0n) is 8.42. The Morgan fingerprint density at radius 1 is 1.71 bits per heavy atom. The van der Waals surface area contributed by atoms with Gasteiger partial charge in [-0.15, -0.1) is 11.6 Å². The summed E-state index contributed by atoms with van der Waals surface area (Å²) in [6.45, 7) is 4.36. The second kappa shape index (κ2) is 4.96. The van der Waals surface area contributed by atoms with Gasteiger partial charge in [-0.1, -0.05) is 0 Å². The minimum atomic E-state index is -0.958. The Morgan fingerprint density at radius 3 is 3.00 bits per heavy atom. The molecule has 0 radical (unpaired) electrons. The average molecular weight is 223 g/mol. The molecule has 1 aliphatic rings. The van der Waals surface area contributed by atoms with Crippen LogP contribution in [-0.2, 0) is 19.0 Å². The first-order valence-corrected chi connectivity index (χ1v) is 5.12. The first-order chi connectivity index (χ1) is 6.56. The van der Waals surface area contributed by atoms with Crippen molar-refractivity contribution in [3.05, 3.63) is 0 Å². The summed E-state index contributed by atoms with van der Waals surface area (Å²) in [5.74, 6) is -1.06. The molecule has 5 heteroatoms. The van der Waals surface area contributed by atoms with E-state index in [0.717, 1.165) is 0 Å². The van der Waals surface area contributed by atoms with Crippen LogP contribution >= 0.6 is 11.6 Å². The Balaban J connectivity index is 2.43. The molecule has 1 rings (SSSR count). The maximum atomic E-state index is 11.2. The number of hydrogen-bond acceptors (Lipinski definition) is 4. The molecule has 14 heavy (non-hydrogen) atoms. The van der Waals surface area contributed by atoms with Gasteiger partial charge in [-0.25, -0.2) is 0 Å². The lowest BCUT2D eigenvalue weighted by Crippen LogP contribution is -2.47. The summed E-state index contributed by atoms with van der Waals surface area (Å²) >= 11 is 5.42. The molecule has 2 unspecified atom stereocenters. The molecule has 0 aromatic rings. The summed E-state index contributed by atoms with van der Waals surface area (Å²) in [5.41, 5.74) is 0. The summed E-state index contributed by atoms with van der Waals surface area (Å²) in [6.07, 6.45) is 0.132. The number of halogens is 1. The van der Waals surface area contributed by atoms with Gasteiger partial charge < -0.3 is 14.2 Å². The van der Waals surface area contributed by atoms with Crippen molar-refractivity contribution in [2.24, 2.45) is 0 Å². The SMILES string of the molecule is CC1COCC(C)(OC(=O)CCCl)O1. The fourth-order valence-electron chi connectivity index (χ4n) is 1.33. The highest BCUT2D eigenvalue weighted by Gasteiger charge is 2.35. The van der Waals surface area contributed by atoms with Crippen molar-refractivity contribution < 1.29 is 19.0 Å². The third-order valence-electron chi connectivity index (χ3n) is 1.80. The van der Waals surface area contributed by atoms with Gasteiger partial charge in [0.05, 0.1) is 19.1 Å². The summed E-state index contributed by atoms with van der Waals surface area (Å²) < 4.78 is 15.8. The van der Waals surface area contributed by atoms with Crippen molar-refractivity contribution >= 4 is 17.6 Å². The van der Waals surface area contributed by atoms with Crippen LogP contribution in [0.1, 0.15) is 20.3 Å². The molecule has 0 aliphatic carbocycles. The topological polar surface area (TPSA) is 44.8 Å². The highest BCUT2D eigenvalue weighted by atomic mass is 35.5. The molecule has 0 amide bonds. The first kappa shape index (κ1) is 11.8. The second-order valence-corrected chi connectivity index (χ2v) is 3.87. The minimum Gasteiger partial charge on any atom is -0.431 e. The van der Waals surface area contributed by atoms with Gasteiger partial charge in [0.15, 0.2) is 0 Å². The lowest BCUT2D eigenvalue weighted by Gasteiger charge is -2.36. The zero-order valence-corrected chi connectivity index (χ0v) is 9.17. The number of esters is 1. The van der Waals surface area contributed by atoms with Crippen molar-refractivity contribution in [1.82, 2.24) is 0 Å². The fourth-order valence-corrected chi connectivity index (χ4v) is 1.48. The van der Waals surface area contributed by atoms with Crippen molar-refractivity contribution in [1.29, 1.82) is 0 Å². The van der Waals surface area contributed by atoms with Gasteiger partial charge in [0.2, 0.25) is 5.79 Å². The van der Waals surface area contributed by atoms with E-state index in [4.69, 9.17) is 25.8 Å². The Hall–Kier alpha value is -0.320. The number of carbonyl (C=O) groups is 1. The van der Waals surface area contributed by atoms with Crippen LogP contribution < -0.4 is 0 Å². The highest BCUT2D eigenvalue weighted by Crippen LogP contribution is 2.21. The van der Waals surface area contributed by atoms with E-state index in [1.807, 2.05) is 6.92 Å². The molecule has 0 aromatic heterocycles. The van der Waals surface area contributed by atoms with Crippen molar-refractivity contribution in [3.63, 3.8) is 0 Å². The standard InChI is InChI=1S/C9H15ClO4/c1-7-5-12-6-9(2,13-7)14-8(11)3-4-10/h7H,3-6H2,1-2H3. The number of hydrogen-bond donors (Lipinski definition) is 0. The number of rotatable bonds is 3. The van der Waals surface area contributed by atoms with E-state index >= 15 is 0 Å². The van der Waals surface area contributed by atoms with E-state index in [2.05, 4.69) is 0 Å². The summed E-state index contributed by atoms with van der Waals surface area (Å²) in [7, 11) is 0. The Bertz CT molecular complexity index is 209. The Labute approximate surface area is 88.5 Å².